The minimum Gasteiger partial charge on any atom is -0.312 e. The third-order valence-electron chi connectivity index (χ3n) is 3.37. The monoisotopic (exact) mass is 379 g/mol. The number of aromatic nitrogens is 1. The Labute approximate surface area is 142 Å². The SMILES string of the molecule is Cc1ccc(-c2ccc(Br)cc2)n1-c1ccc(Cl)cc1Cl. The standard InChI is InChI=1S/C17H12BrCl2N/c1-11-2-8-16(12-3-5-13(18)6-4-12)21(11)17-9-7-14(19)10-15(17)20/h2-10H,1H3. The summed E-state index contributed by atoms with van der Waals surface area (Å²) in [5, 5.41) is 1.28. The summed E-state index contributed by atoms with van der Waals surface area (Å²) in [6.07, 6.45) is 0. The van der Waals surface area contributed by atoms with Crippen LogP contribution in [0.1, 0.15) is 5.69 Å². The van der Waals surface area contributed by atoms with Gasteiger partial charge in [-0.2, -0.15) is 0 Å². The van der Waals surface area contributed by atoms with Crippen LogP contribution in [0.5, 0.6) is 0 Å². The number of halogens is 3. The van der Waals surface area contributed by atoms with E-state index in [9.17, 15) is 0 Å². The first-order valence-corrected chi connectivity index (χ1v) is 8.01. The minimum atomic E-state index is 0.638. The topological polar surface area (TPSA) is 4.93 Å². The molecule has 21 heavy (non-hydrogen) atoms. The van der Waals surface area contributed by atoms with Crippen molar-refractivity contribution in [1.82, 2.24) is 4.57 Å². The van der Waals surface area contributed by atoms with Crippen LogP contribution in [0, 0.1) is 6.92 Å². The van der Waals surface area contributed by atoms with Crippen LogP contribution in [0.25, 0.3) is 16.9 Å². The maximum absolute atomic E-state index is 6.36. The van der Waals surface area contributed by atoms with Crippen LogP contribution in [0.4, 0.5) is 0 Å². The largest absolute Gasteiger partial charge is 0.312 e. The molecule has 0 amide bonds. The summed E-state index contributed by atoms with van der Waals surface area (Å²) in [7, 11) is 0. The molecule has 0 aliphatic heterocycles. The molecule has 0 atom stereocenters. The van der Waals surface area contributed by atoms with Gasteiger partial charge in [0.25, 0.3) is 0 Å². The molecule has 4 heteroatoms. The van der Waals surface area contributed by atoms with Crippen molar-refractivity contribution in [2.75, 3.05) is 0 Å². The van der Waals surface area contributed by atoms with E-state index in [1.54, 1.807) is 6.07 Å². The van der Waals surface area contributed by atoms with Gasteiger partial charge >= 0.3 is 0 Å². The number of hydrogen-bond donors (Lipinski definition) is 0. The lowest BCUT2D eigenvalue weighted by molar-refractivity contribution is 1.02. The smallest absolute Gasteiger partial charge is 0.0661 e. The van der Waals surface area contributed by atoms with E-state index >= 15 is 0 Å². The van der Waals surface area contributed by atoms with E-state index in [1.807, 2.05) is 24.3 Å². The maximum atomic E-state index is 6.36. The molecule has 0 fully saturated rings. The highest BCUT2D eigenvalue weighted by atomic mass is 79.9. The van der Waals surface area contributed by atoms with E-state index in [2.05, 4.69) is 51.7 Å². The van der Waals surface area contributed by atoms with Crippen LogP contribution in [-0.4, -0.2) is 4.57 Å². The zero-order chi connectivity index (χ0) is 15.0. The van der Waals surface area contributed by atoms with E-state index < -0.39 is 0 Å². The number of benzene rings is 2. The predicted molar refractivity (Wildman–Crippen MR) is 93.7 cm³/mol. The third kappa shape index (κ3) is 2.89. The molecule has 106 valence electrons. The average Bonchev–Trinajstić information content (AvgIpc) is 2.82. The van der Waals surface area contributed by atoms with Crippen molar-refractivity contribution in [2.24, 2.45) is 0 Å². The van der Waals surface area contributed by atoms with Crippen LogP contribution in [0.3, 0.4) is 0 Å². The lowest BCUT2D eigenvalue weighted by Crippen LogP contribution is -1.99. The van der Waals surface area contributed by atoms with Gasteiger partial charge in [0.15, 0.2) is 0 Å². The molecule has 0 aliphatic rings. The summed E-state index contributed by atoms with van der Waals surface area (Å²) in [5.74, 6) is 0. The third-order valence-corrected chi connectivity index (χ3v) is 4.43. The highest BCUT2D eigenvalue weighted by Crippen LogP contribution is 2.32. The van der Waals surface area contributed by atoms with Gasteiger partial charge in [-0.05, 0) is 55.0 Å². The summed E-state index contributed by atoms with van der Waals surface area (Å²) in [6, 6.07) is 18.0. The van der Waals surface area contributed by atoms with Crippen molar-refractivity contribution in [3.63, 3.8) is 0 Å². The molecule has 1 aromatic heterocycles. The van der Waals surface area contributed by atoms with E-state index in [0.29, 0.717) is 10.0 Å². The average molecular weight is 381 g/mol. The van der Waals surface area contributed by atoms with Gasteiger partial charge in [0, 0.05) is 15.2 Å². The minimum absolute atomic E-state index is 0.638. The van der Waals surface area contributed by atoms with E-state index in [1.165, 1.54) is 0 Å². The first-order chi connectivity index (χ1) is 10.1. The Balaban J connectivity index is 2.19. The van der Waals surface area contributed by atoms with Gasteiger partial charge in [-0.25, -0.2) is 0 Å². The Bertz CT molecular complexity index is 791. The summed E-state index contributed by atoms with van der Waals surface area (Å²) in [4.78, 5) is 0. The van der Waals surface area contributed by atoms with Crippen molar-refractivity contribution in [3.8, 4) is 16.9 Å². The molecule has 2 aromatic carbocycles. The second-order valence-corrected chi connectivity index (χ2v) is 6.56. The summed E-state index contributed by atoms with van der Waals surface area (Å²) in [5.41, 5.74) is 4.29. The van der Waals surface area contributed by atoms with Gasteiger partial charge < -0.3 is 4.57 Å². The van der Waals surface area contributed by atoms with Crippen molar-refractivity contribution >= 4 is 39.1 Å². The van der Waals surface area contributed by atoms with Crippen LogP contribution >= 0.6 is 39.1 Å². The van der Waals surface area contributed by atoms with Gasteiger partial charge in [-0.3, -0.25) is 0 Å². The lowest BCUT2D eigenvalue weighted by atomic mass is 10.1. The normalized spacial score (nSPS) is 10.9. The van der Waals surface area contributed by atoms with Crippen LogP contribution in [0.15, 0.2) is 59.1 Å². The number of aryl methyl sites for hydroxylation is 1. The van der Waals surface area contributed by atoms with Gasteiger partial charge in [-0.1, -0.05) is 51.3 Å². The first-order valence-electron chi connectivity index (χ1n) is 6.46. The van der Waals surface area contributed by atoms with Gasteiger partial charge in [-0.15, -0.1) is 0 Å². The van der Waals surface area contributed by atoms with E-state index in [0.717, 1.165) is 27.1 Å². The highest BCUT2D eigenvalue weighted by molar-refractivity contribution is 9.10. The van der Waals surface area contributed by atoms with E-state index in [-0.39, 0.29) is 0 Å². The molecule has 0 unspecified atom stereocenters. The summed E-state index contributed by atoms with van der Waals surface area (Å²) in [6.45, 7) is 2.06. The second kappa shape index (κ2) is 5.88. The Hall–Kier alpha value is -1.22. The summed E-state index contributed by atoms with van der Waals surface area (Å²) >= 11 is 15.8. The Morgan fingerprint density at radius 3 is 2.29 bits per heavy atom. The highest BCUT2D eigenvalue weighted by Gasteiger charge is 2.12. The fourth-order valence-corrected chi connectivity index (χ4v) is 3.12. The van der Waals surface area contributed by atoms with Crippen molar-refractivity contribution in [2.45, 2.75) is 6.92 Å². The lowest BCUT2D eigenvalue weighted by Gasteiger charge is -2.14. The molecular weight excluding hydrogens is 369 g/mol. The molecular formula is C17H12BrCl2N. The number of hydrogen-bond acceptors (Lipinski definition) is 0. The van der Waals surface area contributed by atoms with E-state index in [4.69, 9.17) is 23.2 Å². The Morgan fingerprint density at radius 1 is 0.905 bits per heavy atom. The van der Waals surface area contributed by atoms with Crippen molar-refractivity contribution in [3.05, 3.63) is 74.8 Å². The number of rotatable bonds is 2. The molecule has 0 aliphatic carbocycles. The zero-order valence-electron chi connectivity index (χ0n) is 11.3. The predicted octanol–water partition coefficient (Wildman–Crippen LogP) is 6.52. The molecule has 0 bridgehead atoms. The molecule has 0 saturated carbocycles. The van der Waals surface area contributed by atoms with Crippen molar-refractivity contribution < 1.29 is 0 Å². The Kier molecular flexibility index (Phi) is 4.12. The van der Waals surface area contributed by atoms with Crippen LogP contribution in [-0.2, 0) is 0 Å². The molecule has 3 aromatic rings. The molecule has 3 rings (SSSR count). The Morgan fingerprint density at radius 2 is 1.62 bits per heavy atom. The van der Waals surface area contributed by atoms with Crippen LogP contribution in [0.2, 0.25) is 10.0 Å². The quantitative estimate of drug-likeness (QED) is 0.476. The molecule has 1 heterocycles. The van der Waals surface area contributed by atoms with Crippen LogP contribution < -0.4 is 0 Å². The molecule has 0 N–H and O–H groups in total. The zero-order valence-corrected chi connectivity index (χ0v) is 14.4. The fraction of sp³-hybridized carbons (Fsp3) is 0.0588. The van der Waals surface area contributed by atoms with Gasteiger partial charge in [0.1, 0.15) is 0 Å². The first kappa shape index (κ1) is 14.7. The van der Waals surface area contributed by atoms with Crippen molar-refractivity contribution in [1.29, 1.82) is 0 Å². The maximum Gasteiger partial charge on any atom is 0.0661 e. The fourth-order valence-electron chi connectivity index (χ4n) is 2.37. The molecule has 0 spiro atoms. The molecule has 0 radical (unpaired) electrons. The molecule has 1 nitrogen and oxygen atoms in total. The van der Waals surface area contributed by atoms with Gasteiger partial charge in [0.2, 0.25) is 0 Å². The van der Waals surface area contributed by atoms with Gasteiger partial charge in [0.05, 0.1) is 16.4 Å². The second-order valence-electron chi connectivity index (χ2n) is 4.80. The number of nitrogens with zero attached hydrogens (tertiary/aromatic N) is 1. The molecule has 0 saturated heterocycles. The summed E-state index contributed by atoms with van der Waals surface area (Å²) < 4.78 is 3.20.